The number of fused-ring (bicyclic) bond motifs is 1. The van der Waals surface area contributed by atoms with Gasteiger partial charge >= 0.3 is 12.1 Å². The molecule has 204 valence electrons. The Balaban J connectivity index is 0.000000310. The van der Waals surface area contributed by atoms with Crippen molar-refractivity contribution in [1.29, 1.82) is 0 Å². The predicted octanol–water partition coefficient (Wildman–Crippen LogP) is 0.953. The van der Waals surface area contributed by atoms with Crippen LogP contribution in [0.4, 0.5) is 10.6 Å². The molecule has 4 heterocycles. The molecule has 2 aliphatic heterocycles. The summed E-state index contributed by atoms with van der Waals surface area (Å²) < 4.78 is 9.82. The molecule has 0 saturated carbocycles. The van der Waals surface area contributed by atoms with Crippen molar-refractivity contribution in [1.82, 2.24) is 24.8 Å². The van der Waals surface area contributed by atoms with Gasteiger partial charge < -0.3 is 29.5 Å². The fourth-order valence-corrected chi connectivity index (χ4v) is 3.64. The molecule has 14 nitrogen and oxygen atoms in total. The average Bonchev–Trinajstić information content (AvgIpc) is 3.19. The van der Waals surface area contributed by atoms with Gasteiger partial charge in [0.05, 0.1) is 5.02 Å². The van der Waals surface area contributed by atoms with Gasteiger partial charge in [-0.1, -0.05) is 18.5 Å². The first kappa shape index (κ1) is 28.7. The smallest absolute Gasteiger partial charge is 0.412 e. The highest BCUT2D eigenvalue weighted by molar-refractivity contribution is 6.30. The fraction of sp³-hybridized carbons (Fsp3) is 0.435. The lowest BCUT2D eigenvalue weighted by Gasteiger charge is -2.33. The maximum absolute atomic E-state index is 12.8. The number of carbonyl (C=O) groups is 4. The minimum absolute atomic E-state index is 0.00380. The van der Waals surface area contributed by atoms with E-state index in [1.807, 2.05) is 7.05 Å². The maximum Gasteiger partial charge on any atom is 0.412 e. The predicted molar refractivity (Wildman–Crippen MR) is 131 cm³/mol. The second-order valence-electron chi connectivity index (χ2n) is 8.42. The number of aliphatic carboxylic acids is 1. The third kappa shape index (κ3) is 6.51. The van der Waals surface area contributed by atoms with Crippen molar-refractivity contribution in [3.05, 3.63) is 47.1 Å². The minimum atomic E-state index is -1.94. The van der Waals surface area contributed by atoms with E-state index < -0.39 is 36.4 Å². The highest BCUT2D eigenvalue weighted by Gasteiger charge is 2.44. The molecule has 2 N–H and O–H groups in total. The molecule has 0 bridgehead atoms. The molecule has 0 spiro atoms. The molecule has 2 aliphatic rings. The van der Waals surface area contributed by atoms with Gasteiger partial charge in [-0.05, 0) is 25.6 Å². The maximum atomic E-state index is 12.8. The summed E-state index contributed by atoms with van der Waals surface area (Å²) in [5.74, 6) is -1.51. The Morgan fingerprint density at radius 3 is 2.45 bits per heavy atom. The number of carboxylic acids is 1. The highest BCUT2D eigenvalue weighted by atomic mass is 35.5. The molecule has 2 amide bonds. The summed E-state index contributed by atoms with van der Waals surface area (Å²) in [6.07, 6.45) is 2.78. The summed E-state index contributed by atoms with van der Waals surface area (Å²) in [5, 5.41) is 18.0. The number of aliphatic hydroxyl groups is 1. The Kier molecular flexibility index (Phi) is 9.50. The third-order valence-corrected chi connectivity index (χ3v) is 6.15. The van der Waals surface area contributed by atoms with Crippen molar-refractivity contribution < 1.29 is 38.9 Å². The van der Waals surface area contributed by atoms with E-state index in [4.69, 9.17) is 26.6 Å². The number of amides is 2. The lowest BCUT2D eigenvalue weighted by Crippen LogP contribution is -2.48. The van der Waals surface area contributed by atoms with Crippen molar-refractivity contribution >= 4 is 41.9 Å². The molecule has 1 saturated heterocycles. The fourth-order valence-electron chi connectivity index (χ4n) is 3.53. The monoisotopic (exact) mass is 550 g/mol. The summed E-state index contributed by atoms with van der Waals surface area (Å²) in [6, 6.07) is 3.20. The summed E-state index contributed by atoms with van der Waals surface area (Å²) in [4.78, 5) is 63.0. The lowest BCUT2D eigenvalue weighted by atomic mass is 10.0. The van der Waals surface area contributed by atoms with Crippen molar-refractivity contribution in [2.45, 2.75) is 25.2 Å². The van der Waals surface area contributed by atoms with Gasteiger partial charge in [-0.3, -0.25) is 14.6 Å². The number of carboxylic acid groups (broad SMARTS) is 1. The summed E-state index contributed by atoms with van der Waals surface area (Å²) in [7, 11) is 2.00. The zero-order chi connectivity index (χ0) is 27.9. The molecular weight excluding hydrogens is 524 g/mol. The first-order valence-corrected chi connectivity index (χ1v) is 11.9. The average molecular weight is 551 g/mol. The Hall–Kier alpha value is -3.88. The van der Waals surface area contributed by atoms with Crippen LogP contribution in [0.25, 0.3) is 0 Å². The zero-order valence-corrected chi connectivity index (χ0v) is 21.4. The molecule has 0 aromatic carbocycles. The molecule has 0 radical (unpaired) electrons. The number of anilines is 1. The van der Waals surface area contributed by atoms with Crippen LogP contribution in [0.15, 0.2) is 30.7 Å². The molecule has 4 rings (SSSR count). The number of halogens is 1. The van der Waals surface area contributed by atoms with Crippen LogP contribution >= 0.6 is 11.6 Å². The van der Waals surface area contributed by atoms with E-state index in [0.29, 0.717) is 29.6 Å². The highest BCUT2D eigenvalue weighted by Crippen LogP contribution is 2.35. The second kappa shape index (κ2) is 12.6. The molecule has 1 unspecified atom stereocenters. The number of hydrogen-bond acceptors (Lipinski definition) is 11. The SMILES string of the molecule is CCC(O)(COC=O)C(=O)O.CN1CCN(C(=O)O[C@H]2c3nccnc3C(=O)N2c2ccc(Cl)cn2)CC1. The van der Waals surface area contributed by atoms with Gasteiger partial charge in [0.15, 0.2) is 11.3 Å². The van der Waals surface area contributed by atoms with Gasteiger partial charge in [-0.2, -0.15) is 0 Å². The molecule has 38 heavy (non-hydrogen) atoms. The molecule has 1 fully saturated rings. The van der Waals surface area contributed by atoms with E-state index in [2.05, 4.69) is 24.6 Å². The molecule has 15 heteroatoms. The molecule has 0 aliphatic carbocycles. The minimum Gasteiger partial charge on any atom is -0.479 e. The van der Waals surface area contributed by atoms with E-state index >= 15 is 0 Å². The van der Waals surface area contributed by atoms with Crippen molar-refractivity contribution in [2.75, 3.05) is 44.7 Å². The van der Waals surface area contributed by atoms with Crippen LogP contribution < -0.4 is 4.90 Å². The first-order chi connectivity index (χ1) is 18.1. The normalized spacial score (nSPS) is 18.5. The molecule has 2 aromatic heterocycles. The van der Waals surface area contributed by atoms with Crippen LogP contribution in [-0.4, -0.2) is 105 Å². The van der Waals surface area contributed by atoms with Gasteiger partial charge in [0.2, 0.25) is 6.23 Å². The standard InChI is InChI=1S/C17H17ClN6O3.C6H10O5/c1-22-6-8-23(9-7-22)17(26)27-16-14-13(19-4-5-20-14)15(25)24(16)12-3-2-11(18)10-21-12;1-2-6(10,5(8)9)3-11-4-7/h2-5,10,16H,6-9H2,1H3;4,10H,2-3H2,1H3,(H,8,9)/t16-;/m0./s1. The van der Waals surface area contributed by atoms with Gasteiger partial charge in [-0.15, -0.1) is 0 Å². The Morgan fingerprint density at radius 2 is 1.87 bits per heavy atom. The van der Waals surface area contributed by atoms with Crippen LogP contribution in [0.3, 0.4) is 0 Å². The van der Waals surface area contributed by atoms with Crippen molar-refractivity contribution in [2.24, 2.45) is 0 Å². The zero-order valence-electron chi connectivity index (χ0n) is 20.7. The van der Waals surface area contributed by atoms with Crippen molar-refractivity contribution in [3.63, 3.8) is 0 Å². The van der Waals surface area contributed by atoms with Gasteiger partial charge in [0, 0.05) is 44.8 Å². The van der Waals surface area contributed by atoms with Crippen LogP contribution in [-0.2, 0) is 19.1 Å². The second-order valence-corrected chi connectivity index (χ2v) is 8.86. The van der Waals surface area contributed by atoms with Crippen LogP contribution in [0.2, 0.25) is 5.02 Å². The quantitative estimate of drug-likeness (QED) is 0.467. The Morgan fingerprint density at radius 1 is 1.18 bits per heavy atom. The summed E-state index contributed by atoms with van der Waals surface area (Å²) in [6.45, 7) is 3.72. The Bertz CT molecular complexity index is 1160. The van der Waals surface area contributed by atoms with Crippen LogP contribution in [0.5, 0.6) is 0 Å². The Labute approximate surface area is 222 Å². The first-order valence-electron chi connectivity index (χ1n) is 11.5. The summed E-state index contributed by atoms with van der Waals surface area (Å²) >= 11 is 5.89. The van der Waals surface area contributed by atoms with E-state index in [9.17, 15) is 19.2 Å². The number of piperazine rings is 1. The number of carbonyl (C=O) groups excluding carboxylic acids is 3. The topological polar surface area (TPSA) is 176 Å². The number of likely N-dealkylation sites (N-methyl/N-ethyl adjacent to an activating group) is 1. The third-order valence-electron chi connectivity index (χ3n) is 5.92. The van der Waals surface area contributed by atoms with Crippen LogP contribution in [0.1, 0.15) is 35.8 Å². The van der Waals surface area contributed by atoms with E-state index in [1.54, 1.807) is 17.0 Å². The lowest BCUT2D eigenvalue weighted by molar-refractivity contribution is -0.166. The van der Waals surface area contributed by atoms with E-state index in [0.717, 1.165) is 13.1 Å². The number of hydrogen-bond donors (Lipinski definition) is 2. The number of pyridine rings is 1. The van der Waals surface area contributed by atoms with E-state index in [-0.39, 0.29) is 18.6 Å². The number of rotatable bonds is 7. The van der Waals surface area contributed by atoms with Crippen molar-refractivity contribution in [3.8, 4) is 0 Å². The van der Waals surface area contributed by atoms with Gasteiger partial charge in [0.1, 0.15) is 18.1 Å². The largest absolute Gasteiger partial charge is 0.479 e. The number of ether oxygens (including phenoxy) is 2. The van der Waals surface area contributed by atoms with Gasteiger partial charge in [0.25, 0.3) is 12.4 Å². The van der Waals surface area contributed by atoms with Gasteiger partial charge in [-0.25, -0.2) is 24.5 Å². The number of aromatic nitrogens is 3. The molecule has 2 aromatic rings. The number of nitrogens with zero attached hydrogens (tertiary/aromatic N) is 6. The van der Waals surface area contributed by atoms with E-state index in [1.165, 1.54) is 30.4 Å². The summed E-state index contributed by atoms with van der Waals surface area (Å²) in [5.41, 5.74) is -1.51. The van der Waals surface area contributed by atoms with Crippen LogP contribution in [0, 0.1) is 0 Å². The molecular formula is C23H27ClN6O8. The molecule has 2 atom stereocenters.